The average Bonchev–Trinajstić information content (AvgIpc) is 2.07. The molecule has 1 heteroatoms. The van der Waals surface area contributed by atoms with Crippen LogP contribution in [0.1, 0.15) is 58.8 Å². The predicted octanol–water partition coefficient (Wildman–Crippen LogP) is 3.12. The maximum absolute atomic E-state index is 10.3. The minimum absolute atomic E-state index is 0.311. The molecule has 1 aliphatic carbocycles. The molecule has 0 spiro atoms. The largest absolute Gasteiger partial charge is 0.390 e. The fourth-order valence-corrected chi connectivity index (χ4v) is 2.25. The lowest BCUT2D eigenvalue weighted by molar-refractivity contribution is -0.0493. The molecule has 0 radical (unpaired) electrons. The molecule has 1 nitrogen and oxygen atoms in total. The summed E-state index contributed by atoms with van der Waals surface area (Å²) in [5.74, 6) is 0.526. The Hall–Kier alpha value is -0.0400. The third kappa shape index (κ3) is 2.22. The molecule has 0 amide bonds. The van der Waals surface area contributed by atoms with Crippen molar-refractivity contribution in [2.45, 2.75) is 64.4 Å². The SMILES string of the molecule is CCCC[C@]1(O)CCCC[C@@H]1C. The first-order valence-corrected chi connectivity index (χ1v) is 5.41. The molecule has 72 valence electrons. The van der Waals surface area contributed by atoms with Crippen molar-refractivity contribution in [3.05, 3.63) is 0 Å². The molecule has 0 saturated heterocycles. The Morgan fingerprint density at radius 2 is 2.17 bits per heavy atom. The molecule has 1 rings (SSSR count). The van der Waals surface area contributed by atoms with Crippen LogP contribution in [-0.4, -0.2) is 10.7 Å². The minimum atomic E-state index is -0.311. The van der Waals surface area contributed by atoms with Crippen molar-refractivity contribution in [3.63, 3.8) is 0 Å². The van der Waals surface area contributed by atoms with E-state index in [1.54, 1.807) is 0 Å². The molecule has 12 heavy (non-hydrogen) atoms. The highest BCUT2D eigenvalue weighted by Crippen LogP contribution is 2.36. The first-order valence-electron chi connectivity index (χ1n) is 5.41. The van der Waals surface area contributed by atoms with E-state index in [1.165, 1.54) is 32.1 Å². The van der Waals surface area contributed by atoms with E-state index in [0.29, 0.717) is 5.92 Å². The monoisotopic (exact) mass is 170 g/mol. The third-order valence-corrected chi connectivity index (χ3v) is 3.38. The summed E-state index contributed by atoms with van der Waals surface area (Å²) in [7, 11) is 0. The summed E-state index contributed by atoms with van der Waals surface area (Å²) >= 11 is 0. The van der Waals surface area contributed by atoms with E-state index in [9.17, 15) is 5.11 Å². The zero-order chi connectivity index (χ0) is 9.03. The third-order valence-electron chi connectivity index (χ3n) is 3.38. The van der Waals surface area contributed by atoms with E-state index < -0.39 is 0 Å². The van der Waals surface area contributed by atoms with Crippen molar-refractivity contribution in [1.29, 1.82) is 0 Å². The van der Waals surface area contributed by atoms with E-state index in [0.717, 1.165) is 12.8 Å². The number of rotatable bonds is 3. The van der Waals surface area contributed by atoms with E-state index >= 15 is 0 Å². The van der Waals surface area contributed by atoms with E-state index in [-0.39, 0.29) is 5.60 Å². The van der Waals surface area contributed by atoms with Crippen LogP contribution in [-0.2, 0) is 0 Å². The van der Waals surface area contributed by atoms with Crippen LogP contribution >= 0.6 is 0 Å². The van der Waals surface area contributed by atoms with Crippen LogP contribution in [0.3, 0.4) is 0 Å². The highest BCUT2D eigenvalue weighted by Gasteiger charge is 2.34. The summed E-state index contributed by atoms with van der Waals surface area (Å²) in [5.41, 5.74) is -0.311. The topological polar surface area (TPSA) is 20.2 Å². The van der Waals surface area contributed by atoms with Gasteiger partial charge in [0.25, 0.3) is 0 Å². The normalized spacial score (nSPS) is 36.8. The van der Waals surface area contributed by atoms with E-state index in [1.807, 2.05) is 0 Å². The van der Waals surface area contributed by atoms with Gasteiger partial charge in [0.1, 0.15) is 0 Å². The van der Waals surface area contributed by atoms with Gasteiger partial charge in [-0.25, -0.2) is 0 Å². The molecule has 0 aliphatic heterocycles. The van der Waals surface area contributed by atoms with Gasteiger partial charge in [0, 0.05) is 0 Å². The van der Waals surface area contributed by atoms with E-state index in [4.69, 9.17) is 0 Å². The highest BCUT2D eigenvalue weighted by atomic mass is 16.3. The Balaban J connectivity index is 2.42. The van der Waals surface area contributed by atoms with Gasteiger partial charge in [-0.1, -0.05) is 39.5 Å². The molecule has 1 saturated carbocycles. The molecule has 0 aromatic heterocycles. The Kier molecular flexibility index (Phi) is 3.57. The summed E-state index contributed by atoms with van der Waals surface area (Å²) in [6.07, 6.45) is 8.20. The van der Waals surface area contributed by atoms with Crippen LogP contribution in [0, 0.1) is 5.92 Å². The molecule has 0 unspecified atom stereocenters. The first kappa shape index (κ1) is 10.0. The second-order valence-corrected chi connectivity index (χ2v) is 4.35. The maximum atomic E-state index is 10.3. The predicted molar refractivity (Wildman–Crippen MR) is 52.1 cm³/mol. The summed E-state index contributed by atoms with van der Waals surface area (Å²) in [6, 6.07) is 0. The van der Waals surface area contributed by atoms with Gasteiger partial charge >= 0.3 is 0 Å². The molecule has 2 atom stereocenters. The van der Waals surface area contributed by atoms with Crippen LogP contribution in [0.4, 0.5) is 0 Å². The van der Waals surface area contributed by atoms with Gasteiger partial charge < -0.3 is 5.11 Å². The second kappa shape index (κ2) is 4.27. The van der Waals surface area contributed by atoms with Gasteiger partial charge in [-0.15, -0.1) is 0 Å². The first-order chi connectivity index (χ1) is 5.69. The Morgan fingerprint density at radius 3 is 2.75 bits per heavy atom. The average molecular weight is 170 g/mol. The summed E-state index contributed by atoms with van der Waals surface area (Å²) in [6.45, 7) is 4.39. The quantitative estimate of drug-likeness (QED) is 0.690. The van der Waals surface area contributed by atoms with Crippen LogP contribution in [0.2, 0.25) is 0 Å². The van der Waals surface area contributed by atoms with Crippen LogP contribution in [0.15, 0.2) is 0 Å². The van der Waals surface area contributed by atoms with Crippen molar-refractivity contribution < 1.29 is 5.11 Å². The highest BCUT2D eigenvalue weighted by molar-refractivity contribution is 4.87. The number of hydrogen-bond donors (Lipinski definition) is 1. The fraction of sp³-hybridized carbons (Fsp3) is 1.00. The lowest BCUT2D eigenvalue weighted by Crippen LogP contribution is -2.38. The van der Waals surface area contributed by atoms with Gasteiger partial charge in [-0.2, -0.15) is 0 Å². The zero-order valence-corrected chi connectivity index (χ0v) is 8.47. The van der Waals surface area contributed by atoms with E-state index in [2.05, 4.69) is 13.8 Å². The van der Waals surface area contributed by atoms with Gasteiger partial charge in [0.15, 0.2) is 0 Å². The molecular formula is C11H22O. The lowest BCUT2D eigenvalue weighted by Gasteiger charge is -2.38. The van der Waals surface area contributed by atoms with Crippen molar-refractivity contribution in [2.24, 2.45) is 5.92 Å². The Bertz CT molecular complexity index is 133. The van der Waals surface area contributed by atoms with Gasteiger partial charge in [-0.05, 0) is 25.2 Å². The standard InChI is InChI=1S/C11H22O/c1-3-4-8-11(12)9-6-5-7-10(11)2/h10,12H,3-9H2,1-2H3/t10-,11-/m0/s1. The van der Waals surface area contributed by atoms with Gasteiger partial charge in [0.2, 0.25) is 0 Å². The summed E-state index contributed by atoms with van der Waals surface area (Å²) in [5, 5.41) is 10.3. The summed E-state index contributed by atoms with van der Waals surface area (Å²) in [4.78, 5) is 0. The molecule has 0 heterocycles. The molecular weight excluding hydrogens is 148 g/mol. The molecule has 1 aliphatic rings. The minimum Gasteiger partial charge on any atom is -0.390 e. The Morgan fingerprint density at radius 1 is 1.42 bits per heavy atom. The van der Waals surface area contributed by atoms with Crippen molar-refractivity contribution in [1.82, 2.24) is 0 Å². The molecule has 1 fully saturated rings. The number of hydrogen-bond acceptors (Lipinski definition) is 1. The molecule has 0 bridgehead atoms. The van der Waals surface area contributed by atoms with Crippen LogP contribution in [0.5, 0.6) is 0 Å². The number of unbranched alkanes of at least 4 members (excludes halogenated alkanes) is 1. The summed E-state index contributed by atoms with van der Waals surface area (Å²) < 4.78 is 0. The van der Waals surface area contributed by atoms with Crippen molar-refractivity contribution >= 4 is 0 Å². The molecule has 1 N–H and O–H groups in total. The van der Waals surface area contributed by atoms with Crippen molar-refractivity contribution in [3.8, 4) is 0 Å². The van der Waals surface area contributed by atoms with Crippen molar-refractivity contribution in [2.75, 3.05) is 0 Å². The maximum Gasteiger partial charge on any atom is 0.0673 e. The number of aliphatic hydroxyl groups is 1. The van der Waals surface area contributed by atoms with Crippen LogP contribution < -0.4 is 0 Å². The zero-order valence-electron chi connectivity index (χ0n) is 8.47. The Labute approximate surface area is 76.2 Å². The van der Waals surface area contributed by atoms with Gasteiger partial charge in [-0.3, -0.25) is 0 Å². The lowest BCUT2D eigenvalue weighted by atomic mass is 9.74. The second-order valence-electron chi connectivity index (χ2n) is 4.35. The van der Waals surface area contributed by atoms with Gasteiger partial charge in [0.05, 0.1) is 5.60 Å². The fourth-order valence-electron chi connectivity index (χ4n) is 2.25. The smallest absolute Gasteiger partial charge is 0.0673 e. The molecule has 0 aromatic rings. The van der Waals surface area contributed by atoms with Crippen LogP contribution in [0.25, 0.3) is 0 Å². The molecule has 0 aromatic carbocycles.